The van der Waals surface area contributed by atoms with Gasteiger partial charge in [-0.05, 0) is 49.0 Å². The van der Waals surface area contributed by atoms with Gasteiger partial charge in [0.05, 0.1) is 6.04 Å². The predicted octanol–water partition coefficient (Wildman–Crippen LogP) is 2.89. The smallest absolute Gasteiger partial charge is 0.236 e. The number of halogens is 2. The summed E-state index contributed by atoms with van der Waals surface area (Å²) in [6, 6.07) is 7.40. The topological polar surface area (TPSA) is 55.1 Å². The molecule has 0 aromatic heterocycles. The van der Waals surface area contributed by atoms with Gasteiger partial charge in [0.1, 0.15) is 0 Å². The number of hydrogen-bond donors (Lipinski definition) is 2. The van der Waals surface area contributed by atoms with E-state index in [9.17, 15) is 4.79 Å². The van der Waals surface area contributed by atoms with Crippen molar-refractivity contribution >= 4 is 41.7 Å². The number of nitrogens with one attached hydrogen (secondary N) is 1. The average molecular weight is 337 g/mol. The van der Waals surface area contributed by atoms with E-state index in [-0.39, 0.29) is 24.4 Å². The maximum absolute atomic E-state index is 11.6. The molecule has 1 rings (SSSR count). The molecule has 3 N–H and O–H groups in total. The number of carbonyl (C=O) groups excluding carboxylic acids is 1. The Morgan fingerprint density at radius 2 is 2.05 bits per heavy atom. The summed E-state index contributed by atoms with van der Waals surface area (Å²) in [5.74, 6) is 0.865. The summed E-state index contributed by atoms with van der Waals surface area (Å²) >= 11 is 7.52. The minimum absolute atomic E-state index is 0. The number of rotatable bonds is 8. The molecule has 6 heteroatoms. The van der Waals surface area contributed by atoms with Crippen LogP contribution < -0.4 is 11.1 Å². The first-order chi connectivity index (χ1) is 9.13. The van der Waals surface area contributed by atoms with Crippen LogP contribution in [-0.4, -0.2) is 30.5 Å². The molecule has 114 valence electrons. The van der Waals surface area contributed by atoms with E-state index in [1.807, 2.05) is 30.5 Å². The van der Waals surface area contributed by atoms with E-state index in [4.69, 9.17) is 17.3 Å². The van der Waals surface area contributed by atoms with Crippen molar-refractivity contribution in [1.82, 2.24) is 5.32 Å². The number of benzene rings is 1. The van der Waals surface area contributed by atoms with Crippen molar-refractivity contribution < 1.29 is 4.79 Å². The second-order valence-corrected chi connectivity index (χ2v) is 5.83. The predicted molar refractivity (Wildman–Crippen MR) is 91.0 cm³/mol. The summed E-state index contributed by atoms with van der Waals surface area (Å²) in [5, 5.41) is 3.62. The molecule has 1 atom stereocenters. The van der Waals surface area contributed by atoms with Crippen molar-refractivity contribution in [1.29, 1.82) is 0 Å². The minimum atomic E-state index is -0.386. The van der Waals surface area contributed by atoms with Crippen LogP contribution in [0.25, 0.3) is 0 Å². The molecule has 1 amide bonds. The van der Waals surface area contributed by atoms with Crippen LogP contribution in [0.3, 0.4) is 0 Å². The van der Waals surface area contributed by atoms with Crippen molar-refractivity contribution in [3.05, 3.63) is 34.9 Å². The highest BCUT2D eigenvalue weighted by atomic mass is 35.5. The summed E-state index contributed by atoms with van der Waals surface area (Å²) in [6.07, 6.45) is 4.57. The highest BCUT2D eigenvalue weighted by molar-refractivity contribution is 7.98. The normalized spacial score (nSPS) is 11.6. The second-order valence-electron chi connectivity index (χ2n) is 4.41. The van der Waals surface area contributed by atoms with Gasteiger partial charge in [0.2, 0.25) is 5.91 Å². The van der Waals surface area contributed by atoms with E-state index in [2.05, 4.69) is 5.32 Å². The lowest BCUT2D eigenvalue weighted by Crippen LogP contribution is -2.41. The van der Waals surface area contributed by atoms with Gasteiger partial charge in [-0.2, -0.15) is 11.8 Å². The van der Waals surface area contributed by atoms with Crippen molar-refractivity contribution in [2.24, 2.45) is 5.73 Å². The third kappa shape index (κ3) is 8.00. The number of hydrogen-bond acceptors (Lipinski definition) is 3. The van der Waals surface area contributed by atoms with Gasteiger partial charge in [-0.3, -0.25) is 4.79 Å². The lowest BCUT2D eigenvalue weighted by molar-refractivity contribution is -0.122. The number of thioether (sulfide) groups is 1. The molecule has 0 aliphatic carbocycles. The zero-order valence-electron chi connectivity index (χ0n) is 11.6. The average Bonchev–Trinajstić information content (AvgIpc) is 2.42. The first-order valence-electron chi connectivity index (χ1n) is 6.40. The molecule has 20 heavy (non-hydrogen) atoms. The first kappa shape index (κ1) is 19.6. The van der Waals surface area contributed by atoms with Gasteiger partial charge in [0, 0.05) is 11.6 Å². The van der Waals surface area contributed by atoms with Gasteiger partial charge >= 0.3 is 0 Å². The van der Waals surface area contributed by atoms with E-state index in [1.165, 1.54) is 5.56 Å². The molecule has 1 aromatic carbocycles. The fourth-order valence-electron chi connectivity index (χ4n) is 1.66. The zero-order valence-corrected chi connectivity index (χ0v) is 14.0. The molecule has 3 nitrogen and oxygen atoms in total. The molecule has 0 bridgehead atoms. The Balaban J connectivity index is 0.00000361. The molecule has 0 saturated carbocycles. The minimum Gasteiger partial charge on any atom is -0.355 e. The van der Waals surface area contributed by atoms with Crippen LogP contribution in [0.1, 0.15) is 18.4 Å². The Bertz CT molecular complexity index is 387. The standard InChI is InChI=1S/C14H21ClN2OS.ClH/c1-19-10-8-13(16)14(18)17-9-2-3-11-4-6-12(15)7-5-11;/h4-7,13H,2-3,8-10,16H2,1H3,(H,17,18);1H/t13-;/m0./s1. The fourth-order valence-corrected chi connectivity index (χ4v) is 2.28. The molecule has 1 aromatic rings. The van der Waals surface area contributed by atoms with Crippen LogP contribution in [0, 0.1) is 0 Å². The van der Waals surface area contributed by atoms with Crippen LogP contribution >= 0.6 is 35.8 Å². The van der Waals surface area contributed by atoms with Crippen LogP contribution in [0.4, 0.5) is 0 Å². The third-order valence-corrected chi connectivity index (χ3v) is 3.72. The summed E-state index contributed by atoms with van der Waals surface area (Å²) in [6.45, 7) is 0.661. The van der Waals surface area contributed by atoms with Gasteiger partial charge in [0.15, 0.2) is 0 Å². The maximum atomic E-state index is 11.6. The summed E-state index contributed by atoms with van der Waals surface area (Å²) in [7, 11) is 0. The third-order valence-electron chi connectivity index (χ3n) is 2.82. The van der Waals surface area contributed by atoms with Crippen LogP contribution in [0.5, 0.6) is 0 Å². The molecule has 0 fully saturated rings. The maximum Gasteiger partial charge on any atom is 0.236 e. The number of amides is 1. The SMILES string of the molecule is CSCC[C@H](N)C(=O)NCCCc1ccc(Cl)cc1.Cl. The van der Waals surface area contributed by atoms with Gasteiger partial charge in [0.25, 0.3) is 0 Å². The fraction of sp³-hybridized carbons (Fsp3) is 0.500. The van der Waals surface area contributed by atoms with E-state index in [0.29, 0.717) is 6.54 Å². The monoisotopic (exact) mass is 336 g/mol. The van der Waals surface area contributed by atoms with Crippen LogP contribution in [0.15, 0.2) is 24.3 Å². The Morgan fingerprint density at radius 1 is 1.40 bits per heavy atom. The zero-order chi connectivity index (χ0) is 14.1. The van der Waals surface area contributed by atoms with Gasteiger partial charge < -0.3 is 11.1 Å². The van der Waals surface area contributed by atoms with Gasteiger partial charge in [-0.25, -0.2) is 0 Å². The summed E-state index contributed by atoms with van der Waals surface area (Å²) in [5.41, 5.74) is 7.00. The van der Waals surface area contributed by atoms with Crippen molar-refractivity contribution in [2.45, 2.75) is 25.3 Å². The van der Waals surface area contributed by atoms with E-state index < -0.39 is 0 Å². The van der Waals surface area contributed by atoms with Gasteiger partial charge in [-0.1, -0.05) is 23.7 Å². The quantitative estimate of drug-likeness (QED) is 0.717. The molecular formula is C14H22Cl2N2OS. The van der Waals surface area contributed by atoms with Crippen LogP contribution in [0.2, 0.25) is 5.02 Å². The Labute approximate surface area is 136 Å². The van der Waals surface area contributed by atoms with E-state index in [1.54, 1.807) is 11.8 Å². The molecule has 0 aliphatic rings. The number of aryl methyl sites for hydroxylation is 1. The Kier molecular flexibility index (Phi) is 11.0. The second kappa shape index (κ2) is 11.3. The molecule has 0 spiro atoms. The largest absolute Gasteiger partial charge is 0.355 e. The number of nitrogens with two attached hydrogens (primary N) is 1. The molecule has 0 heterocycles. The molecule has 0 radical (unpaired) electrons. The molecule has 0 aliphatic heterocycles. The molecule has 0 saturated heterocycles. The summed E-state index contributed by atoms with van der Waals surface area (Å²) in [4.78, 5) is 11.6. The molecule has 0 unspecified atom stereocenters. The number of carbonyl (C=O) groups is 1. The van der Waals surface area contributed by atoms with Crippen LogP contribution in [-0.2, 0) is 11.2 Å². The van der Waals surface area contributed by atoms with E-state index in [0.717, 1.165) is 30.0 Å². The van der Waals surface area contributed by atoms with Gasteiger partial charge in [-0.15, -0.1) is 12.4 Å². The highest BCUT2D eigenvalue weighted by Crippen LogP contribution is 2.10. The molecular weight excluding hydrogens is 315 g/mol. The highest BCUT2D eigenvalue weighted by Gasteiger charge is 2.11. The lowest BCUT2D eigenvalue weighted by Gasteiger charge is -2.11. The van der Waals surface area contributed by atoms with Crippen molar-refractivity contribution in [3.63, 3.8) is 0 Å². The Hall–Kier alpha value is -0.420. The van der Waals surface area contributed by atoms with Crippen molar-refractivity contribution in [2.75, 3.05) is 18.6 Å². The van der Waals surface area contributed by atoms with E-state index >= 15 is 0 Å². The Morgan fingerprint density at radius 3 is 2.65 bits per heavy atom. The summed E-state index contributed by atoms with van der Waals surface area (Å²) < 4.78 is 0. The lowest BCUT2D eigenvalue weighted by atomic mass is 10.1. The van der Waals surface area contributed by atoms with Crippen molar-refractivity contribution in [3.8, 4) is 0 Å². The first-order valence-corrected chi connectivity index (χ1v) is 8.17.